The summed E-state index contributed by atoms with van der Waals surface area (Å²) in [7, 11) is 5.25. The van der Waals surface area contributed by atoms with Gasteiger partial charge in [0.25, 0.3) is 5.91 Å². The number of benzene rings is 2. The zero-order valence-electron chi connectivity index (χ0n) is 19.0. The fraction of sp³-hybridized carbons (Fsp3) is 0.417. The van der Waals surface area contributed by atoms with Gasteiger partial charge in [-0.2, -0.15) is 0 Å². The van der Waals surface area contributed by atoms with Crippen molar-refractivity contribution in [2.75, 3.05) is 21.1 Å². The predicted octanol–water partition coefficient (Wildman–Crippen LogP) is 3.57. The van der Waals surface area contributed by atoms with Crippen molar-refractivity contribution in [2.24, 2.45) is 4.99 Å². The summed E-state index contributed by atoms with van der Waals surface area (Å²) in [4.78, 5) is 17.8. The highest BCUT2D eigenvalue weighted by Crippen LogP contribution is 2.13. The number of carbonyl (C=O) groups excluding carboxylic acids is 1. The van der Waals surface area contributed by atoms with Gasteiger partial charge in [-0.15, -0.1) is 0 Å². The van der Waals surface area contributed by atoms with Gasteiger partial charge in [-0.25, -0.2) is 0 Å². The number of rotatable bonds is 7. The molecule has 162 valence electrons. The van der Waals surface area contributed by atoms with Gasteiger partial charge in [0, 0.05) is 39.8 Å². The minimum atomic E-state index is -0.155. The van der Waals surface area contributed by atoms with Crippen molar-refractivity contribution < 1.29 is 9.53 Å². The maximum atomic E-state index is 12.0. The summed E-state index contributed by atoms with van der Waals surface area (Å²) in [6.07, 6.45) is 0. The molecular weight excluding hydrogens is 376 g/mol. The Labute approximate surface area is 180 Å². The van der Waals surface area contributed by atoms with Crippen LogP contribution >= 0.6 is 0 Å². The van der Waals surface area contributed by atoms with Crippen molar-refractivity contribution in [3.05, 3.63) is 70.8 Å². The van der Waals surface area contributed by atoms with Crippen molar-refractivity contribution in [2.45, 2.75) is 46.1 Å². The first kappa shape index (κ1) is 23.4. The zero-order chi connectivity index (χ0) is 22.1. The molecule has 0 spiro atoms. The molecule has 2 aromatic rings. The fourth-order valence-electron chi connectivity index (χ4n) is 2.74. The summed E-state index contributed by atoms with van der Waals surface area (Å²) in [5.41, 5.74) is 3.92. The van der Waals surface area contributed by atoms with Crippen molar-refractivity contribution in [3.63, 3.8) is 0 Å². The van der Waals surface area contributed by atoms with E-state index in [4.69, 9.17) is 4.74 Å². The largest absolute Gasteiger partial charge is 0.371 e. The van der Waals surface area contributed by atoms with Crippen LogP contribution in [0.3, 0.4) is 0 Å². The number of nitrogens with zero attached hydrogens (tertiary/aromatic N) is 2. The van der Waals surface area contributed by atoms with Gasteiger partial charge < -0.3 is 20.3 Å². The van der Waals surface area contributed by atoms with E-state index in [1.807, 2.05) is 30.3 Å². The quantitative estimate of drug-likeness (QED) is 0.541. The van der Waals surface area contributed by atoms with Gasteiger partial charge in [-0.3, -0.25) is 9.79 Å². The smallest absolute Gasteiger partial charge is 0.253 e. The van der Waals surface area contributed by atoms with Crippen LogP contribution in [0, 0.1) is 0 Å². The molecule has 0 heterocycles. The highest BCUT2D eigenvalue weighted by Gasteiger charge is 2.10. The van der Waals surface area contributed by atoms with Crippen LogP contribution in [-0.2, 0) is 24.4 Å². The summed E-state index contributed by atoms with van der Waals surface area (Å²) in [6.45, 7) is 8.05. The lowest BCUT2D eigenvalue weighted by Gasteiger charge is -2.19. The van der Waals surface area contributed by atoms with Crippen LogP contribution in [0.15, 0.2) is 53.5 Å². The number of carbonyl (C=O) groups is 1. The highest BCUT2D eigenvalue weighted by molar-refractivity contribution is 5.93. The topological polar surface area (TPSA) is 66.0 Å². The minimum Gasteiger partial charge on any atom is -0.371 e. The molecule has 0 aromatic heterocycles. The summed E-state index contributed by atoms with van der Waals surface area (Å²) in [6, 6.07) is 16.0. The molecule has 0 bridgehead atoms. The molecule has 0 saturated heterocycles. The lowest BCUT2D eigenvalue weighted by atomic mass is 10.1. The van der Waals surface area contributed by atoms with Crippen LogP contribution in [0.25, 0.3) is 0 Å². The second-order valence-electron chi connectivity index (χ2n) is 8.40. The van der Waals surface area contributed by atoms with Gasteiger partial charge in [0.1, 0.15) is 0 Å². The molecule has 0 aliphatic rings. The van der Waals surface area contributed by atoms with Gasteiger partial charge in [0.15, 0.2) is 5.96 Å². The second kappa shape index (κ2) is 10.8. The third kappa shape index (κ3) is 7.87. The molecule has 0 aliphatic heterocycles. The molecule has 30 heavy (non-hydrogen) atoms. The molecular formula is C24H34N4O2. The summed E-state index contributed by atoms with van der Waals surface area (Å²) >= 11 is 0. The third-order valence-electron chi connectivity index (χ3n) is 4.41. The zero-order valence-corrected chi connectivity index (χ0v) is 19.0. The van der Waals surface area contributed by atoms with Gasteiger partial charge in [-0.05, 0) is 49.6 Å². The van der Waals surface area contributed by atoms with E-state index in [1.54, 1.807) is 26.0 Å². The van der Waals surface area contributed by atoms with Crippen molar-refractivity contribution >= 4 is 11.9 Å². The number of hydrogen-bond acceptors (Lipinski definition) is 3. The van der Waals surface area contributed by atoms with Crippen LogP contribution in [0.1, 0.15) is 47.8 Å². The standard InChI is InChI=1S/C24H34N4O2/c1-24(2,3)30-17-20-9-7-8-19(14-20)16-27-23(25-4)26-15-18-10-12-21(13-11-18)22(29)28(5)6/h7-14H,15-17H2,1-6H3,(H2,25,26,27). The SMILES string of the molecule is CN=C(NCc1ccc(C(=O)N(C)C)cc1)NCc1cccc(COC(C)(C)C)c1. The molecule has 1 amide bonds. The van der Waals surface area contributed by atoms with E-state index in [-0.39, 0.29) is 11.5 Å². The molecule has 0 unspecified atom stereocenters. The van der Waals surface area contributed by atoms with E-state index in [0.29, 0.717) is 25.3 Å². The monoisotopic (exact) mass is 410 g/mol. The van der Waals surface area contributed by atoms with Crippen LogP contribution in [0.4, 0.5) is 0 Å². The number of ether oxygens (including phenoxy) is 1. The predicted molar refractivity (Wildman–Crippen MR) is 122 cm³/mol. The maximum Gasteiger partial charge on any atom is 0.253 e. The first-order valence-electron chi connectivity index (χ1n) is 10.1. The minimum absolute atomic E-state index is 0.00196. The average Bonchev–Trinajstić information content (AvgIpc) is 2.72. The Morgan fingerprint density at radius 1 is 0.967 bits per heavy atom. The van der Waals surface area contributed by atoms with Crippen LogP contribution in [-0.4, -0.2) is 43.5 Å². The van der Waals surface area contributed by atoms with E-state index in [9.17, 15) is 4.79 Å². The van der Waals surface area contributed by atoms with Crippen LogP contribution in [0.2, 0.25) is 0 Å². The Kier molecular flexibility index (Phi) is 8.42. The van der Waals surface area contributed by atoms with E-state index in [1.165, 1.54) is 5.56 Å². The number of guanidine groups is 1. The number of nitrogens with one attached hydrogen (secondary N) is 2. The molecule has 2 aromatic carbocycles. The lowest BCUT2D eigenvalue weighted by Crippen LogP contribution is -2.36. The number of aliphatic imine (C=N–C) groups is 1. The van der Waals surface area contributed by atoms with Gasteiger partial charge in [0.2, 0.25) is 0 Å². The first-order chi connectivity index (χ1) is 14.2. The third-order valence-corrected chi connectivity index (χ3v) is 4.41. The molecule has 6 nitrogen and oxygen atoms in total. The normalized spacial score (nSPS) is 11.9. The molecule has 6 heteroatoms. The Bertz CT molecular complexity index is 852. The number of hydrogen-bond donors (Lipinski definition) is 2. The van der Waals surface area contributed by atoms with Crippen molar-refractivity contribution in [1.82, 2.24) is 15.5 Å². The van der Waals surface area contributed by atoms with Gasteiger partial charge in [0.05, 0.1) is 12.2 Å². The molecule has 0 saturated carbocycles. The lowest BCUT2D eigenvalue weighted by molar-refractivity contribution is -0.0149. The van der Waals surface area contributed by atoms with E-state index < -0.39 is 0 Å². The van der Waals surface area contributed by atoms with Gasteiger partial charge >= 0.3 is 0 Å². The first-order valence-corrected chi connectivity index (χ1v) is 10.1. The second-order valence-corrected chi connectivity index (χ2v) is 8.40. The fourth-order valence-corrected chi connectivity index (χ4v) is 2.74. The summed E-state index contributed by atoms with van der Waals surface area (Å²) < 4.78 is 5.86. The summed E-state index contributed by atoms with van der Waals surface area (Å²) in [5.74, 6) is 0.724. The van der Waals surface area contributed by atoms with E-state index in [0.717, 1.165) is 17.1 Å². The van der Waals surface area contributed by atoms with Gasteiger partial charge in [-0.1, -0.05) is 36.4 Å². The average molecular weight is 411 g/mol. The maximum absolute atomic E-state index is 12.0. The highest BCUT2D eigenvalue weighted by atomic mass is 16.5. The Morgan fingerprint density at radius 3 is 2.13 bits per heavy atom. The Hall–Kier alpha value is -2.86. The van der Waals surface area contributed by atoms with E-state index >= 15 is 0 Å². The van der Waals surface area contributed by atoms with Crippen molar-refractivity contribution in [3.8, 4) is 0 Å². The van der Waals surface area contributed by atoms with Crippen molar-refractivity contribution in [1.29, 1.82) is 0 Å². The molecule has 0 atom stereocenters. The molecule has 0 radical (unpaired) electrons. The molecule has 0 fully saturated rings. The number of amides is 1. The van der Waals surface area contributed by atoms with E-state index in [2.05, 4.69) is 54.6 Å². The Balaban J connectivity index is 1.86. The molecule has 2 N–H and O–H groups in total. The van der Waals surface area contributed by atoms with Crippen LogP contribution < -0.4 is 10.6 Å². The molecule has 0 aliphatic carbocycles. The van der Waals surface area contributed by atoms with Crippen LogP contribution in [0.5, 0.6) is 0 Å². The molecule has 2 rings (SSSR count). The summed E-state index contributed by atoms with van der Waals surface area (Å²) in [5, 5.41) is 6.64. The Morgan fingerprint density at radius 2 is 1.57 bits per heavy atom.